The van der Waals surface area contributed by atoms with Crippen molar-refractivity contribution in [3.8, 4) is 0 Å². The zero-order valence-electron chi connectivity index (χ0n) is 9.00. The van der Waals surface area contributed by atoms with Gasteiger partial charge >= 0.3 is 5.97 Å². The minimum Gasteiger partial charge on any atom is -0.467 e. The van der Waals surface area contributed by atoms with E-state index in [0.29, 0.717) is 5.69 Å². The van der Waals surface area contributed by atoms with Crippen LogP contribution in [-0.2, 0) is 9.53 Å². The van der Waals surface area contributed by atoms with Gasteiger partial charge in [-0.15, -0.1) is 0 Å². The number of methoxy groups -OCH3 is 1. The highest BCUT2D eigenvalue weighted by Gasteiger charge is 2.14. The summed E-state index contributed by atoms with van der Waals surface area (Å²) < 4.78 is 17.9. The Bertz CT molecular complexity index is 366. The van der Waals surface area contributed by atoms with E-state index in [1.807, 2.05) is 0 Å². The number of anilines is 1. The summed E-state index contributed by atoms with van der Waals surface area (Å²) in [6.07, 6.45) is 0. The van der Waals surface area contributed by atoms with Crippen LogP contribution in [0.25, 0.3) is 0 Å². The van der Waals surface area contributed by atoms with Gasteiger partial charge in [-0.05, 0) is 31.5 Å². The van der Waals surface area contributed by atoms with Crippen LogP contribution < -0.4 is 5.32 Å². The van der Waals surface area contributed by atoms with Crippen molar-refractivity contribution in [2.45, 2.75) is 19.9 Å². The van der Waals surface area contributed by atoms with Crippen molar-refractivity contribution in [1.82, 2.24) is 0 Å². The molecule has 1 N–H and O–H groups in total. The fraction of sp³-hybridized carbons (Fsp3) is 0.364. The molecule has 0 aromatic heterocycles. The molecule has 15 heavy (non-hydrogen) atoms. The number of carbonyl (C=O) groups excluding carboxylic acids is 1. The van der Waals surface area contributed by atoms with E-state index >= 15 is 0 Å². The standard InChI is InChI=1S/C11H14FNO2/c1-7-4-5-10(9(12)6-7)13-8(2)11(14)15-3/h4-6,8,13H,1-3H3. The van der Waals surface area contributed by atoms with Gasteiger partial charge in [0, 0.05) is 0 Å². The molecule has 0 saturated carbocycles. The molecule has 82 valence electrons. The van der Waals surface area contributed by atoms with Gasteiger partial charge in [0.1, 0.15) is 11.9 Å². The summed E-state index contributed by atoms with van der Waals surface area (Å²) in [7, 11) is 1.30. The van der Waals surface area contributed by atoms with Crippen LogP contribution in [0.15, 0.2) is 18.2 Å². The van der Waals surface area contributed by atoms with Crippen molar-refractivity contribution in [2.24, 2.45) is 0 Å². The van der Waals surface area contributed by atoms with Gasteiger partial charge in [-0.1, -0.05) is 6.07 Å². The van der Waals surface area contributed by atoms with Crippen LogP contribution in [0.3, 0.4) is 0 Å². The summed E-state index contributed by atoms with van der Waals surface area (Å²) in [6.45, 7) is 3.42. The molecule has 0 aliphatic heterocycles. The normalized spacial score (nSPS) is 12.0. The van der Waals surface area contributed by atoms with Gasteiger partial charge in [-0.2, -0.15) is 0 Å². The van der Waals surface area contributed by atoms with Crippen LogP contribution >= 0.6 is 0 Å². The highest BCUT2D eigenvalue weighted by atomic mass is 19.1. The highest BCUT2D eigenvalue weighted by Crippen LogP contribution is 2.16. The van der Waals surface area contributed by atoms with Crippen molar-refractivity contribution in [1.29, 1.82) is 0 Å². The third kappa shape index (κ3) is 2.94. The Balaban J connectivity index is 2.76. The lowest BCUT2D eigenvalue weighted by Gasteiger charge is -2.13. The lowest BCUT2D eigenvalue weighted by molar-refractivity contribution is -0.141. The second-order valence-electron chi connectivity index (χ2n) is 3.37. The van der Waals surface area contributed by atoms with Crippen LogP contribution in [0, 0.1) is 12.7 Å². The Morgan fingerprint density at radius 1 is 1.53 bits per heavy atom. The largest absolute Gasteiger partial charge is 0.467 e. The maximum absolute atomic E-state index is 13.4. The molecule has 0 aliphatic carbocycles. The fourth-order valence-corrected chi connectivity index (χ4v) is 1.21. The molecule has 1 unspecified atom stereocenters. The van der Waals surface area contributed by atoms with Crippen LogP contribution in [0.1, 0.15) is 12.5 Å². The van der Waals surface area contributed by atoms with Gasteiger partial charge in [0.05, 0.1) is 12.8 Å². The quantitative estimate of drug-likeness (QED) is 0.778. The van der Waals surface area contributed by atoms with Crippen LogP contribution in [0.2, 0.25) is 0 Å². The molecule has 0 aliphatic rings. The van der Waals surface area contributed by atoms with E-state index in [1.54, 1.807) is 26.0 Å². The second kappa shape index (κ2) is 4.77. The molecule has 0 amide bonds. The van der Waals surface area contributed by atoms with Gasteiger partial charge in [0.15, 0.2) is 0 Å². The van der Waals surface area contributed by atoms with E-state index in [2.05, 4.69) is 10.1 Å². The Labute approximate surface area is 88.2 Å². The average Bonchev–Trinajstić information content (AvgIpc) is 2.20. The molecule has 0 spiro atoms. The zero-order chi connectivity index (χ0) is 11.4. The highest BCUT2D eigenvalue weighted by molar-refractivity contribution is 5.78. The van der Waals surface area contributed by atoms with Crippen LogP contribution in [-0.4, -0.2) is 19.1 Å². The van der Waals surface area contributed by atoms with Crippen molar-refractivity contribution < 1.29 is 13.9 Å². The molecular formula is C11H14FNO2. The number of halogens is 1. The first-order valence-corrected chi connectivity index (χ1v) is 4.65. The zero-order valence-corrected chi connectivity index (χ0v) is 9.00. The number of hydrogen-bond donors (Lipinski definition) is 1. The number of aryl methyl sites for hydroxylation is 1. The van der Waals surface area contributed by atoms with Crippen molar-refractivity contribution in [2.75, 3.05) is 12.4 Å². The summed E-state index contributed by atoms with van der Waals surface area (Å²) >= 11 is 0. The number of benzene rings is 1. The predicted molar refractivity (Wildman–Crippen MR) is 56.2 cm³/mol. The van der Waals surface area contributed by atoms with Crippen LogP contribution in [0.4, 0.5) is 10.1 Å². The molecule has 0 fully saturated rings. The van der Waals surface area contributed by atoms with Crippen molar-refractivity contribution in [3.05, 3.63) is 29.6 Å². The maximum Gasteiger partial charge on any atom is 0.327 e. The first kappa shape index (κ1) is 11.5. The molecule has 0 bridgehead atoms. The summed E-state index contributed by atoms with van der Waals surface area (Å²) in [6, 6.07) is 4.22. The topological polar surface area (TPSA) is 38.3 Å². The monoisotopic (exact) mass is 211 g/mol. The third-order valence-electron chi connectivity index (χ3n) is 2.05. The maximum atomic E-state index is 13.4. The summed E-state index contributed by atoms with van der Waals surface area (Å²) in [5, 5.41) is 2.74. The Hall–Kier alpha value is -1.58. The van der Waals surface area contributed by atoms with Crippen molar-refractivity contribution in [3.63, 3.8) is 0 Å². The molecule has 0 heterocycles. The number of hydrogen-bond acceptors (Lipinski definition) is 3. The van der Waals surface area contributed by atoms with Gasteiger partial charge in [-0.3, -0.25) is 0 Å². The number of carbonyl (C=O) groups is 1. The first-order valence-electron chi connectivity index (χ1n) is 4.65. The fourth-order valence-electron chi connectivity index (χ4n) is 1.21. The average molecular weight is 211 g/mol. The molecule has 0 radical (unpaired) electrons. The summed E-state index contributed by atoms with van der Waals surface area (Å²) in [4.78, 5) is 11.1. The van der Waals surface area contributed by atoms with Gasteiger partial charge in [0.25, 0.3) is 0 Å². The van der Waals surface area contributed by atoms with Gasteiger partial charge < -0.3 is 10.1 Å². The first-order chi connectivity index (χ1) is 7.04. The number of nitrogens with one attached hydrogen (secondary N) is 1. The molecular weight excluding hydrogens is 197 g/mol. The SMILES string of the molecule is COC(=O)C(C)Nc1ccc(C)cc1F. The van der Waals surface area contributed by atoms with E-state index in [9.17, 15) is 9.18 Å². The lowest BCUT2D eigenvalue weighted by atomic mass is 10.2. The molecule has 1 aromatic carbocycles. The molecule has 1 atom stereocenters. The summed E-state index contributed by atoms with van der Waals surface area (Å²) in [5.74, 6) is -0.791. The van der Waals surface area contributed by atoms with E-state index < -0.39 is 12.0 Å². The Morgan fingerprint density at radius 2 is 2.20 bits per heavy atom. The number of rotatable bonds is 3. The minimum absolute atomic E-state index is 0.304. The van der Waals surface area contributed by atoms with Crippen molar-refractivity contribution >= 4 is 11.7 Å². The molecule has 3 nitrogen and oxygen atoms in total. The van der Waals surface area contributed by atoms with Crippen LogP contribution in [0.5, 0.6) is 0 Å². The summed E-state index contributed by atoms with van der Waals surface area (Å²) in [5.41, 5.74) is 1.14. The van der Waals surface area contributed by atoms with E-state index in [4.69, 9.17) is 0 Å². The van der Waals surface area contributed by atoms with Gasteiger partial charge in [-0.25, -0.2) is 9.18 Å². The minimum atomic E-state index is -0.563. The molecule has 0 saturated heterocycles. The van der Waals surface area contributed by atoms with E-state index in [-0.39, 0.29) is 5.82 Å². The number of ether oxygens (including phenoxy) is 1. The predicted octanol–water partition coefficient (Wildman–Crippen LogP) is 2.11. The van der Waals surface area contributed by atoms with Gasteiger partial charge in [0.2, 0.25) is 0 Å². The van der Waals surface area contributed by atoms with E-state index in [1.165, 1.54) is 13.2 Å². The Morgan fingerprint density at radius 3 is 2.73 bits per heavy atom. The second-order valence-corrected chi connectivity index (χ2v) is 3.37. The molecule has 1 aromatic rings. The third-order valence-corrected chi connectivity index (χ3v) is 2.05. The smallest absolute Gasteiger partial charge is 0.327 e. The molecule has 4 heteroatoms. The number of esters is 1. The van der Waals surface area contributed by atoms with E-state index in [0.717, 1.165) is 5.56 Å². The lowest BCUT2D eigenvalue weighted by Crippen LogP contribution is -2.27. The Kier molecular flexibility index (Phi) is 3.66. The molecule has 1 rings (SSSR count).